The second-order valence-electron chi connectivity index (χ2n) is 4.62. The first-order valence-corrected chi connectivity index (χ1v) is 7.14. The highest BCUT2D eigenvalue weighted by molar-refractivity contribution is 7.19. The molecule has 0 saturated heterocycles. The van der Waals surface area contributed by atoms with Crippen LogP contribution in [0.25, 0.3) is 10.2 Å². The van der Waals surface area contributed by atoms with Crippen molar-refractivity contribution >= 4 is 39.1 Å². The third-order valence-electron chi connectivity index (χ3n) is 3.53. The van der Waals surface area contributed by atoms with Gasteiger partial charge in [-0.25, -0.2) is 4.98 Å². The number of aromatic nitrogens is 1. The first kappa shape index (κ1) is 11.9. The number of hydrogen-bond donors (Lipinski definition) is 1. The number of carbonyl (C=O) groups is 1. The van der Waals surface area contributed by atoms with Gasteiger partial charge in [0.25, 0.3) is 0 Å². The maximum atomic E-state index is 11.2. The zero-order valence-electron chi connectivity index (χ0n) is 9.60. The van der Waals surface area contributed by atoms with E-state index in [1.807, 2.05) is 18.2 Å². The molecule has 1 heterocycles. The van der Waals surface area contributed by atoms with Gasteiger partial charge in [0, 0.05) is 5.92 Å². The minimum atomic E-state index is -0.706. The molecule has 3 rings (SSSR count). The number of halogens is 1. The second kappa shape index (κ2) is 4.52. The number of hydrogen-bond acceptors (Lipinski definition) is 3. The molecule has 0 aliphatic heterocycles. The smallest absolute Gasteiger partial charge is 0.307 e. The molecule has 3 nitrogen and oxygen atoms in total. The van der Waals surface area contributed by atoms with Gasteiger partial charge in [-0.2, -0.15) is 0 Å². The molecule has 0 amide bonds. The quantitative estimate of drug-likeness (QED) is 0.908. The van der Waals surface area contributed by atoms with E-state index < -0.39 is 5.97 Å². The Morgan fingerprint density at radius 3 is 3.00 bits per heavy atom. The average Bonchev–Trinajstić information content (AvgIpc) is 2.95. The molecule has 0 radical (unpaired) electrons. The summed E-state index contributed by atoms with van der Waals surface area (Å²) in [7, 11) is 0. The van der Waals surface area contributed by atoms with E-state index in [1.54, 1.807) is 0 Å². The van der Waals surface area contributed by atoms with Gasteiger partial charge < -0.3 is 5.11 Å². The molecule has 0 bridgehead atoms. The van der Waals surface area contributed by atoms with Crippen LogP contribution in [0.1, 0.15) is 30.2 Å². The maximum absolute atomic E-state index is 11.2. The summed E-state index contributed by atoms with van der Waals surface area (Å²) in [5.41, 5.74) is 0.874. The number of fused-ring (bicyclic) bond motifs is 1. The molecule has 5 heteroatoms. The molecule has 1 aromatic carbocycles. The highest BCUT2D eigenvalue weighted by atomic mass is 35.5. The average molecular weight is 282 g/mol. The topological polar surface area (TPSA) is 50.2 Å². The Morgan fingerprint density at radius 1 is 1.44 bits per heavy atom. The van der Waals surface area contributed by atoms with Crippen molar-refractivity contribution in [2.24, 2.45) is 5.92 Å². The van der Waals surface area contributed by atoms with Crippen LogP contribution in [0.4, 0.5) is 0 Å². The zero-order chi connectivity index (χ0) is 12.7. The van der Waals surface area contributed by atoms with Crippen LogP contribution in [-0.2, 0) is 4.79 Å². The van der Waals surface area contributed by atoms with Gasteiger partial charge in [-0.05, 0) is 25.0 Å². The fourth-order valence-corrected chi connectivity index (χ4v) is 4.10. The van der Waals surface area contributed by atoms with Gasteiger partial charge in [0.05, 0.1) is 26.2 Å². The van der Waals surface area contributed by atoms with Crippen LogP contribution in [0.2, 0.25) is 5.02 Å². The van der Waals surface area contributed by atoms with Gasteiger partial charge in [-0.15, -0.1) is 11.3 Å². The molecular formula is C13H12ClNO2S. The summed E-state index contributed by atoms with van der Waals surface area (Å²) in [6.45, 7) is 0. The van der Waals surface area contributed by atoms with E-state index >= 15 is 0 Å². The van der Waals surface area contributed by atoms with Gasteiger partial charge in [-0.1, -0.05) is 24.1 Å². The lowest BCUT2D eigenvalue weighted by atomic mass is 9.97. The molecule has 1 fully saturated rings. The van der Waals surface area contributed by atoms with Crippen molar-refractivity contribution in [1.29, 1.82) is 0 Å². The Morgan fingerprint density at radius 2 is 2.28 bits per heavy atom. The summed E-state index contributed by atoms with van der Waals surface area (Å²) in [5, 5.41) is 10.8. The van der Waals surface area contributed by atoms with Crippen molar-refractivity contribution in [1.82, 2.24) is 4.98 Å². The molecule has 0 spiro atoms. The highest BCUT2D eigenvalue weighted by Crippen LogP contribution is 2.43. The normalized spacial score (nSPS) is 23.6. The first-order valence-electron chi connectivity index (χ1n) is 5.94. The Balaban J connectivity index is 2.04. The molecule has 1 aromatic heterocycles. The third kappa shape index (κ3) is 1.89. The predicted molar refractivity (Wildman–Crippen MR) is 72.3 cm³/mol. The summed E-state index contributed by atoms with van der Waals surface area (Å²) >= 11 is 7.67. The van der Waals surface area contributed by atoms with Gasteiger partial charge >= 0.3 is 5.97 Å². The Kier molecular flexibility index (Phi) is 2.99. The Labute approximate surface area is 113 Å². The van der Waals surface area contributed by atoms with Gasteiger partial charge in [-0.3, -0.25) is 4.79 Å². The third-order valence-corrected chi connectivity index (χ3v) is 5.20. The van der Waals surface area contributed by atoms with Crippen molar-refractivity contribution < 1.29 is 9.90 Å². The standard InChI is InChI=1S/C13H12ClNO2S/c14-9-5-2-6-10-11(9)18-12(15-10)7-3-1-4-8(7)13(16)17/h2,5-8H,1,3-4H2,(H,16,17). The number of carboxylic acids is 1. The van der Waals surface area contributed by atoms with Crippen molar-refractivity contribution in [3.8, 4) is 0 Å². The largest absolute Gasteiger partial charge is 0.481 e. The lowest BCUT2D eigenvalue weighted by Gasteiger charge is -2.11. The Bertz CT molecular complexity index is 610. The molecule has 1 N–H and O–H groups in total. The second-order valence-corrected chi connectivity index (χ2v) is 6.06. The predicted octanol–water partition coefficient (Wildman–Crippen LogP) is 3.92. The van der Waals surface area contributed by atoms with Crippen LogP contribution >= 0.6 is 22.9 Å². The van der Waals surface area contributed by atoms with Crippen molar-refractivity contribution in [3.05, 3.63) is 28.2 Å². The molecular weight excluding hydrogens is 270 g/mol. The number of thiazole rings is 1. The minimum absolute atomic E-state index is 0.0518. The lowest BCUT2D eigenvalue weighted by molar-refractivity contribution is -0.142. The number of rotatable bonds is 2. The summed E-state index contributed by atoms with van der Waals surface area (Å²) in [5.74, 6) is -0.942. The van der Waals surface area contributed by atoms with E-state index in [1.165, 1.54) is 11.3 Å². The highest BCUT2D eigenvalue weighted by Gasteiger charge is 2.35. The van der Waals surface area contributed by atoms with Crippen LogP contribution in [0.5, 0.6) is 0 Å². The van der Waals surface area contributed by atoms with E-state index in [0.29, 0.717) is 5.02 Å². The van der Waals surface area contributed by atoms with Crippen LogP contribution in [0.3, 0.4) is 0 Å². The summed E-state index contributed by atoms with van der Waals surface area (Å²) < 4.78 is 0.963. The number of nitrogens with zero attached hydrogens (tertiary/aromatic N) is 1. The summed E-state index contributed by atoms with van der Waals surface area (Å²) in [6.07, 6.45) is 2.63. The fraction of sp³-hybridized carbons (Fsp3) is 0.385. The van der Waals surface area contributed by atoms with Crippen LogP contribution < -0.4 is 0 Å². The molecule has 2 aromatic rings. The maximum Gasteiger partial charge on any atom is 0.307 e. The summed E-state index contributed by atoms with van der Waals surface area (Å²) in [6, 6.07) is 5.64. The van der Waals surface area contributed by atoms with E-state index in [4.69, 9.17) is 11.6 Å². The van der Waals surface area contributed by atoms with Crippen molar-refractivity contribution in [3.63, 3.8) is 0 Å². The van der Waals surface area contributed by atoms with E-state index in [0.717, 1.165) is 34.5 Å². The van der Waals surface area contributed by atoms with Crippen LogP contribution in [0, 0.1) is 5.92 Å². The Hall–Kier alpha value is -1.13. The van der Waals surface area contributed by atoms with Gasteiger partial charge in [0.2, 0.25) is 0 Å². The SMILES string of the molecule is O=C(O)C1CCCC1c1nc2cccc(Cl)c2s1. The molecule has 94 valence electrons. The monoisotopic (exact) mass is 281 g/mol. The van der Waals surface area contributed by atoms with E-state index in [-0.39, 0.29) is 11.8 Å². The fourth-order valence-electron chi connectivity index (χ4n) is 2.64. The summed E-state index contributed by atoms with van der Waals surface area (Å²) in [4.78, 5) is 15.8. The minimum Gasteiger partial charge on any atom is -0.481 e. The molecule has 2 atom stereocenters. The molecule has 1 saturated carbocycles. The molecule has 18 heavy (non-hydrogen) atoms. The van der Waals surface area contributed by atoms with Crippen molar-refractivity contribution in [2.45, 2.75) is 25.2 Å². The van der Waals surface area contributed by atoms with Crippen LogP contribution in [0.15, 0.2) is 18.2 Å². The number of carboxylic acid groups (broad SMARTS) is 1. The molecule has 2 unspecified atom stereocenters. The lowest BCUT2D eigenvalue weighted by Crippen LogP contribution is -2.16. The van der Waals surface area contributed by atoms with Gasteiger partial charge in [0.15, 0.2) is 0 Å². The van der Waals surface area contributed by atoms with Crippen molar-refractivity contribution in [2.75, 3.05) is 0 Å². The number of benzene rings is 1. The van der Waals surface area contributed by atoms with Crippen LogP contribution in [-0.4, -0.2) is 16.1 Å². The first-order chi connectivity index (χ1) is 8.66. The van der Waals surface area contributed by atoms with E-state index in [2.05, 4.69) is 4.98 Å². The van der Waals surface area contributed by atoms with Gasteiger partial charge in [0.1, 0.15) is 0 Å². The van der Waals surface area contributed by atoms with E-state index in [9.17, 15) is 9.90 Å². The number of aliphatic carboxylic acids is 1. The zero-order valence-corrected chi connectivity index (χ0v) is 11.2. The molecule has 1 aliphatic carbocycles. The molecule has 1 aliphatic rings.